The molecule has 0 unspecified atom stereocenters. The Labute approximate surface area is 199 Å². The molecule has 0 bridgehead atoms. The Hall–Kier alpha value is -3.05. The van der Waals surface area contributed by atoms with Crippen LogP contribution in [0.3, 0.4) is 0 Å². The Balaban J connectivity index is 1.68. The van der Waals surface area contributed by atoms with E-state index in [1.54, 1.807) is 29.2 Å². The van der Waals surface area contributed by atoms with Gasteiger partial charge in [-0.2, -0.15) is 0 Å². The van der Waals surface area contributed by atoms with Crippen molar-refractivity contribution in [2.75, 3.05) is 6.54 Å². The number of benzene rings is 2. The predicted octanol–water partition coefficient (Wildman–Crippen LogP) is 5.73. The van der Waals surface area contributed by atoms with Gasteiger partial charge in [-0.05, 0) is 67.1 Å². The summed E-state index contributed by atoms with van der Waals surface area (Å²) in [5.74, 6) is -0.267. The first kappa shape index (κ1) is 23.1. The number of rotatable bonds is 8. The highest BCUT2D eigenvalue weighted by Gasteiger charge is 2.34. The summed E-state index contributed by atoms with van der Waals surface area (Å²) in [7, 11) is 0. The van der Waals surface area contributed by atoms with Crippen molar-refractivity contribution in [3.63, 3.8) is 0 Å². The smallest absolute Gasteiger partial charge is 0.290 e. The lowest BCUT2D eigenvalue weighted by atomic mass is 10.0. The molecule has 0 radical (unpaired) electrons. The third-order valence-corrected chi connectivity index (χ3v) is 6.58. The van der Waals surface area contributed by atoms with Gasteiger partial charge in [-0.1, -0.05) is 60.8 Å². The molecule has 1 saturated carbocycles. The Kier molecular flexibility index (Phi) is 7.50. The van der Waals surface area contributed by atoms with Crippen LogP contribution in [0.1, 0.15) is 59.0 Å². The molecule has 0 spiro atoms. The molecular weight excluding hydrogens is 436 g/mol. The van der Waals surface area contributed by atoms with Gasteiger partial charge in [0.15, 0.2) is 5.76 Å². The van der Waals surface area contributed by atoms with Crippen LogP contribution in [-0.4, -0.2) is 29.3 Å². The molecule has 3 aromatic rings. The van der Waals surface area contributed by atoms with Crippen LogP contribution >= 0.6 is 11.6 Å². The van der Waals surface area contributed by atoms with Crippen LogP contribution in [0.2, 0.25) is 5.02 Å². The van der Waals surface area contributed by atoms with Gasteiger partial charge in [0, 0.05) is 17.6 Å². The molecule has 1 heterocycles. The molecule has 1 atom stereocenters. The number of carbonyl (C=O) groups is 2. The first-order valence-electron chi connectivity index (χ1n) is 11.5. The van der Waals surface area contributed by atoms with Crippen LogP contribution in [0, 0.1) is 6.92 Å². The van der Waals surface area contributed by atoms with Crippen molar-refractivity contribution in [2.45, 2.75) is 51.1 Å². The maximum atomic E-state index is 13.6. The van der Waals surface area contributed by atoms with Gasteiger partial charge in [-0.25, -0.2) is 0 Å². The fraction of sp³-hybridized carbons (Fsp3) is 0.333. The first-order valence-corrected chi connectivity index (χ1v) is 11.9. The van der Waals surface area contributed by atoms with Crippen LogP contribution < -0.4 is 5.32 Å². The molecule has 1 fully saturated rings. The largest absolute Gasteiger partial charge is 0.459 e. The summed E-state index contributed by atoms with van der Waals surface area (Å²) in [5, 5.41) is 3.77. The van der Waals surface area contributed by atoms with Crippen molar-refractivity contribution in [3.05, 3.63) is 94.4 Å². The van der Waals surface area contributed by atoms with E-state index in [4.69, 9.17) is 16.0 Å². The molecular formula is C27H29ClN2O3. The summed E-state index contributed by atoms with van der Waals surface area (Å²) in [6.07, 6.45) is 6.25. The van der Waals surface area contributed by atoms with Crippen LogP contribution in [0.5, 0.6) is 0 Å². The lowest BCUT2D eigenvalue weighted by Gasteiger charge is -2.32. The molecule has 33 heavy (non-hydrogen) atoms. The number of hydrogen-bond acceptors (Lipinski definition) is 3. The highest BCUT2D eigenvalue weighted by atomic mass is 35.5. The lowest BCUT2D eigenvalue weighted by Crippen LogP contribution is -2.46. The Morgan fingerprint density at radius 2 is 1.79 bits per heavy atom. The average molecular weight is 465 g/mol. The van der Waals surface area contributed by atoms with Crippen molar-refractivity contribution >= 4 is 23.4 Å². The molecule has 1 N–H and O–H groups in total. The molecule has 1 aromatic heterocycles. The molecule has 6 heteroatoms. The molecule has 1 aliphatic carbocycles. The van der Waals surface area contributed by atoms with Crippen LogP contribution in [-0.2, 0) is 11.2 Å². The highest BCUT2D eigenvalue weighted by Crippen LogP contribution is 2.27. The van der Waals surface area contributed by atoms with Gasteiger partial charge >= 0.3 is 0 Å². The monoisotopic (exact) mass is 464 g/mol. The zero-order valence-corrected chi connectivity index (χ0v) is 19.6. The molecule has 4 rings (SSSR count). The first-order chi connectivity index (χ1) is 16.0. The summed E-state index contributed by atoms with van der Waals surface area (Å²) in [5.41, 5.74) is 3.02. The number of furan rings is 1. The van der Waals surface area contributed by atoms with Gasteiger partial charge in [0.05, 0.1) is 6.26 Å². The van der Waals surface area contributed by atoms with Gasteiger partial charge in [-0.3, -0.25) is 9.59 Å². The zero-order valence-electron chi connectivity index (χ0n) is 18.8. The van der Waals surface area contributed by atoms with E-state index in [1.165, 1.54) is 6.26 Å². The number of halogens is 1. The van der Waals surface area contributed by atoms with Crippen molar-refractivity contribution in [1.29, 1.82) is 0 Å². The van der Waals surface area contributed by atoms with Gasteiger partial charge in [0.1, 0.15) is 6.04 Å². The Morgan fingerprint density at radius 1 is 1.06 bits per heavy atom. The van der Waals surface area contributed by atoms with E-state index >= 15 is 0 Å². The van der Waals surface area contributed by atoms with E-state index in [0.717, 1.165) is 42.4 Å². The van der Waals surface area contributed by atoms with E-state index < -0.39 is 6.04 Å². The van der Waals surface area contributed by atoms with Crippen LogP contribution in [0.25, 0.3) is 0 Å². The molecule has 0 saturated heterocycles. The van der Waals surface area contributed by atoms with Crippen LogP contribution in [0.15, 0.2) is 71.3 Å². The van der Waals surface area contributed by atoms with Gasteiger partial charge in [-0.15, -0.1) is 0 Å². The molecule has 2 aromatic carbocycles. The van der Waals surface area contributed by atoms with E-state index in [2.05, 4.69) is 24.4 Å². The number of carbonyl (C=O) groups excluding carboxylic acids is 2. The fourth-order valence-corrected chi connectivity index (χ4v) is 4.62. The minimum Gasteiger partial charge on any atom is -0.459 e. The van der Waals surface area contributed by atoms with Crippen molar-refractivity contribution < 1.29 is 14.0 Å². The lowest BCUT2D eigenvalue weighted by molar-refractivity contribution is -0.126. The van der Waals surface area contributed by atoms with Crippen molar-refractivity contribution in [3.8, 4) is 0 Å². The SMILES string of the molecule is Cc1ccccc1CCN(C(=O)c1ccco1)[C@@H](C(=O)NC1CCCC1)c1ccc(Cl)cc1. The Bertz CT molecular complexity index is 1070. The summed E-state index contributed by atoms with van der Waals surface area (Å²) in [4.78, 5) is 28.8. The van der Waals surface area contributed by atoms with E-state index in [-0.39, 0.29) is 23.6 Å². The fourth-order valence-electron chi connectivity index (χ4n) is 4.49. The third kappa shape index (κ3) is 5.66. The zero-order chi connectivity index (χ0) is 23.2. The van der Waals surface area contributed by atoms with Gasteiger partial charge in [0.25, 0.3) is 5.91 Å². The summed E-state index contributed by atoms with van der Waals surface area (Å²) in [6.45, 7) is 2.42. The minimum absolute atomic E-state index is 0.143. The summed E-state index contributed by atoms with van der Waals surface area (Å²) in [6, 6.07) is 17.9. The van der Waals surface area contributed by atoms with E-state index in [0.29, 0.717) is 18.0 Å². The summed E-state index contributed by atoms with van der Waals surface area (Å²) < 4.78 is 5.43. The number of amides is 2. The molecule has 2 amide bonds. The highest BCUT2D eigenvalue weighted by molar-refractivity contribution is 6.30. The molecule has 5 nitrogen and oxygen atoms in total. The predicted molar refractivity (Wildman–Crippen MR) is 129 cm³/mol. The quantitative estimate of drug-likeness (QED) is 0.463. The molecule has 1 aliphatic rings. The maximum absolute atomic E-state index is 13.6. The second-order valence-corrected chi connectivity index (χ2v) is 9.03. The normalized spacial score (nSPS) is 14.7. The second kappa shape index (κ2) is 10.7. The number of aryl methyl sites for hydroxylation is 1. The van der Waals surface area contributed by atoms with Crippen molar-refractivity contribution in [2.24, 2.45) is 0 Å². The average Bonchev–Trinajstić information content (AvgIpc) is 3.52. The number of hydrogen-bond donors (Lipinski definition) is 1. The standard InChI is InChI=1S/C27H29ClN2O3/c1-19-7-2-3-8-20(19)16-17-30(27(32)24-11-6-18-33-24)25(21-12-14-22(28)15-13-21)26(31)29-23-9-4-5-10-23/h2-3,6-8,11-15,18,23,25H,4-5,9-10,16-17H2,1H3,(H,29,31)/t25-/m1/s1. The number of nitrogens with one attached hydrogen (secondary N) is 1. The Morgan fingerprint density at radius 3 is 2.45 bits per heavy atom. The van der Waals surface area contributed by atoms with Crippen LogP contribution in [0.4, 0.5) is 0 Å². The maximum Gasteiger partial charge on any atom is 0.290 e. The van der Waals surface area contributed by atoms with E-state index in [1.807, 2.05) is 24.3 Å². The van der Waals surface area contributed by atoms with E-state index in [9.17, 15) is 9.59 Å². The molecule has 0 aliphatic heterocycles. The van der Waals surface area contributed by atoms with Gasteiger partial charge in [0.2, 0.25) is 5.91 Å². The van der Waals surface area contributed by atoms with Gasteiger partial charge < -0.3 is 14.6 Å². The summed E-state index contributed by atoms with van der Waals surface area (Å²) >= 11 is 6.12. The second-order valence-electron chi connectivity index (χ2n) is 8.60. The molecule has 172 valence electrons. The van der Waals surface area contributed by atoms with Crippen molar-refractivity contribution in [1.82, 2.24) is 10.2 Å². The minimum atomic E-state index is -0.788. The topological polar surface area (TPSA) is 62.6 Å². The third-order valence-electron chi connectivity index (χ3n) is 6.32. The number of nitrogens with zero attached hydrogens (tertiary/aromatic N) is 1.